The van der Waals surface area contributed by atoms with Crippen LogP contribution >= 0.6 is 0 Å². The number of anilines is 1. The molecule has 1 fully saturated rings. The van der Waals surface area contributed by atoms with Crippen molar-refractivity contribution in [2.45, 2.75) is 37.7 Å². The van der Waals surface area contributed by atoms with Crippen LogP contribution in [-0.4, -0.2) is 26.3 Å². The topological polar surface area (TPSA) is 93.8 Å². The fraction of sp³-hybridized carbons (Fsp3) is 0.462. The minimum absolute atomic E-state index is 0.175. The minimum atomic E-state index is -3.85. The average molecular weight is 331 g/mol. The summed E-state index contributed by atoms with van der Waals surface area (Å²) in [6.07, 6.45) is -0.317. The van der Waals surface area contributed by atoms with Crippen molar-refractivity contribution < 1.29 is 21.9 Å². The zero-order valence-electron chi connectivity index (χ0n) is 11.6. The predicted molar refractivity (Wildman–Crippen MR) is 77.5 cm³/mol. The van der Waals surface area contributed by atoms with E-state index in [1.165, 1.54) is 6.07 Å². The Morgan fingerprint density at radius 1 is 1.32 bits per heavy atom. The van der Waals surface area contributed by atoms with E-state index in [1.807, 2.05) is 0 Å². The van der Waals surface area contributed by atoms with E-state index in [9.17, 15) is 17.2 Å². The third kappa shape index (κ3) is 2.99. The number of amidine groups is 1. The molecule has 0 amide bonds. The molecule has 0 bridgehead atoms. The van der Waals surface area contributed by atoms with Crippen LogP contribution in [0.15, 0.2) is 22.6 Å². The summed E-state index contributed by atoms with van der Waals surface area (Å²) in [5.41, 5.74) is 6.31. The number of hydrogen-bond donors (Lipinski definition) is 2. The number of nitrogens with one attached hydrogen (secondary N) is 1. The molecule has 120 valence electrons. The van der Waals surface area contributed by atoms with E-state index in [0.717, 1.165) is 0 Å². The normalized spacial score (nSPS) is 23.1. The summed E-state index contributed by atoms with van der Waals surface area (Å²) in [4.78, 5) is 0. The number of hydrogen-bond acceptors (Lipinski definition) is 4. The molecule has 9 heteroatoms. The van der Waals surface area contributed by atoms with Crippen LogP contribution in [0.2, 0.25) is 0 Å². The van der Waals surface area contributed by atoms with Gasteiger partial charge in [-0.25, -0.2) is 8.78 Å². The molecule has 6 nitrogen and oxygen atoms in total. The molecule has 0 aromatic heterocycles. The van der Waals surface area contributed by atoms with Gasteiger partial charge in [-0.05, 0) is 25.0 Å². The first-order chi connectivity index (χ1) is 10.3. The molecule has 1 aromatic carbocycles. The van der Waals surface area contributed by atoms with E-state index in [1.54, 1.807) is 12.1 Å². The van der Waals surface area contributed by atoms with Gasteiger partial charge in [-0.2, -0.15) is 8.42 Å². The second-order valence-corrected chi connectivity index (χ2v) is 6.74. The number of nitrogens with two attached hydrogens (primary N) is 1. The number of rotatable bonds is 2. The molecule has 3 rings (SSSR count). The van der Waals surface area contributed by atoms with Crippen molar-refractivity contribution in [1.29, 1.82) is 0 Å². The van der Waals surface area contributed by atoms with Gasteiger partial charge in [0.2, 0.25) is 5.92 Å². The fourth-order valence-corrected chi connectivity index (χ4v) is 3.47. The summed E-state index contributed by atoms with van der Waals surface area (Å²) in [6, 6.07) is 4.76. The van der Waals surface area contributed by atoms with Crippen molar-refractivity contribution in [3.8, 4) is 5.75 Å². The highest BCUT2D eigenvalue weighted by Crippen LogP contribution is 2.37. The lowest BCUT2D eigenvalue weighted by atomic mass is 9.94. The molecular formula is C13H15F2N3O3S. The van der Waals surface area contributed by atoms with Gasteiger partial charge >= 0.3 is 10.2 Å². The first-order valence-corrected chi connectivity index (χ1v) is 8.26. The van der Waals surface area contributed by atoms with E-state index in [4.69, 9.17) is 10.5 Å². The van der Waals surface area contributed by atoms with Crippen molar-refractivity contribution in [3.63, 3.8) is 0 Å². The minimum Gasteiger partial charge on any atom is -0.490 e. The highest BCUT2D eigenvalue weighted by Gasteiger charge is 2.36. The van der Waals surface area contributed by atoms with Gasteiger partial charge in [-0.3, -0.25) is 4.72 Å². The summed E-state index contributed by atoms with van der Waals surface area (Å²) in [6.45, 7) is 0. The summed E-state index contributed by atoms with van der Waals surface area (Å²) in [5.74, 6) is -2.46. The van der Waals surface area contributed by atoms with Crippen LogP contribution in [0.5, 0.6) is 5.75 Å². The molecule has 0 atom stereocenters. The van der Waals surface area contributed by atoms with E-state index >= 15 is 0 Å². The first-order valence-electron chi connectivity index (χ1n) is 6.82. The lowest BCUT2D eigenvalue weighted by Crippen LogP contribution is -2.32. The number of halogens is 2. The monoisotopic (exact) mass is 331 g/mol. The molecule has 22 heavy (non-hydrogen) atoms. The van der Waals surface area contributed by atoms with Gasteiger partial charge in [0.15, 0.2) is 5.84 Å². The van der Waals surface area contributed by atoms with Gasteiger partial charge in [0, 0.05) is 12.8 Å². The average Bonchev–Trinajstić information content (AvgIpc) is 2.39. The Morgan fingerprint density at radius 3 is 2.68 bits per heavy atom. The zero-order chi connectivity index (χ0) is 16.0. The zero-order valence-corrected chi connectivity index (χ0v) is 12.4. The van der Waals surface area contributed by atoms with Gasteiger partial charge in [-0.15, -0.1) is 4.40 Å². The van der Waals surface area contributed by atoms with Crippen LogP contribution in [-0.2, 0) is 10.2 Å². The Balaban J connectivity index is 1.85. The molecule has 0 saturated heterocycles. The summed E-state index contributed by atoms with van der Waals surface area (Å²) < 4.78 is 60.7. The van der Waals surface area contributed by atoms with Crippen molar-refractivity contribution >= 4 is 21.7 Å². The molecule has 1 aromatic rings. The lowest BCUT2D eigenvalue weighted by molar-refractivity contribution is -0.0582. The van der Waals surface area contributed by atoms with Crippen LogP contribution in [0.1, 0.15) is 31.2 Å². The Morgan fingerprint density at radius 2 is 2.00 bits per heavy atom. The van der Waals surface area contributed by atoms with Crippen LogP contribution in [0, 0.1) is 0 Å². The van der Waals surface area contributed by atoms with E-state index in [0.29, 0.717) is 11.3 Å². The maximum Gasteiger partial charge on any atom is 0.344 e. The molecule has 3 N–H and O–H groups in total. The summed E-state index contributed by atoms with van der Waals surface area (Å²) in [7, 11) is -3.85. The fourth-order valence-electron chi connectivity index (χ4n) is 2.63. The Bertz CT molecular complexity index is 724. The molecule has 1 aliphatic heterocycles. The quantitative estimate of drug-likeness (QED) is 0.867. The number of ether oxygens (including phenoxy) is 1. The van der Waals surface area contributed by atoms with Gasteiger partial charge in [0.05, 0.1) is 17.4 Å². The van der Waals surface area contributed by atoms with Gasteiger partial charge in [0.1, 0.15) is 5.75 Å². The highest BCUT2D eigenvalue weighted by molar-refractivity contribution is 7.91. The van der Waals surface area contributed by atoms with Gasteiger partial charge in [-0.1, -0.05) is 6.07 Å². The van der Waals surface area contributed by atoms with Gasteiger partial charge in [0.25, 0.3) is 0 Å². The smallest absolute Gasteiger partial charge is 0.344 e. The molecule has 1 heterocycles. The third-order valence-corrected chi connectivity index (χ3v) is 4.61. The molecule has 1 aliphatic carbocycles. The van der Waals surface area contributed by atoms with Crippen molar-refractivity contribution in [3.05, 3.63) is 23.8 Å². The predicted octanol–water partition coefficient (Wildman–Crippen LogP) is 2.02. The van der Waals surface area contributed by atoms with E-state index in [2.05, 4.69) is 9.12 Å². The van der Waals surface area contributed by atoms with Crippen molar-refractivity contribution in [1.82, 2.24) is 0 Å². The van der Waals surface area contributed by atoms with Crippen molar-refractivity contribution in [2.75, 3.05) is 4.72 Å². The number of nitrogens with zero attached hydrogens (tertiary/aromatic N) is 1. The van der Waals surface area contributed by atoms with Crippen LogP contribution in [0.25, 0.3) is 0 Å². The van der Waals surface area contributed by atoms with Crippen LogP contribution in [0.3, 0.4) is 0 Å². The third-order valence-electron chi connectivity index (χ3n) is 3.70. The molecule has 2 aliphatic rings. The Labute approximate surface area is 126 Å². The van der Waals surface area contributed by atoms with Gasteiger partial charge < -0.3 is 10.5 Å². The molecule has 0 unspecified atom stereocenters. The summed E-state index contributed by atoms with van der Waals surface area (Å²) >= 11 is 0. The Hall–Kier alpha value is -1.90. The lowest BCUT2D eigenvalue weighted by Gasteiger charge is -2.29. The molecule has 1 saturated carbocycles. The van der Waals surface area contributed by atoms with E-state index in [-0.39, 0.29) is 43.3 Å². The van der Waals surface area contributed by atoms with Crippen LogP contribution in [0.4, 0.5) is 14.5 Å². The SMILES string of the molecule is NC1=NS(=O)(=O)Nc2cccc(OC3CCC(F)(F)CC3)c21. The molecular weight excluding hydrogens is 316 g/mol. The molecule has 0 spiro atoms. The maximum atomic E-state index is 13.2. The van der Waals surface area contributed by atoms with Crippen LogP contribution < -0.4 is 15.2 Å². The number of alkyl halides is 2. The second kappa shape index (κ2) is 5.08. The number of benzene rings is 1. The van der Waals surface area contributed by atoms with Crippen molar-refractivity contribution in [2.24, 2.45) is 10.1 Å². The maximum absolute atomic E-state index is 13.2. The molecule has 0 radical (unpaired) electrons. The number of fused-ring (bicyclic) bond motifs is 1. The highest BCUT2D eigenvalue weighted by atomic mass is 32.2. The second-order valence-electron chi connectivity index (χ2n) is 5.41. The Kier molecular flexibility index (Phi) is 3.47. The first kappa shape index (κ1) is 15.0. The summed E-state index contributed by atoms with van der Waals surface area (Å²) in [5, 5.41) is 0. The standard InChI is InChI=1S/C13H15F2N3O3S/c14-13(15)6-4-8(5-7-13)21-10-3-1-2-9-11(10)12(16)18-22(19,20)17-9/h1-3,8,17H,4-7H2,(H2,16,18). The van der Waals surface area contributed by atoms with E-state index < -0.39 is 16.1 Å². The largest absolute Gasteiger partial charge is 0.490 e.